The van der Waals surface area contributed by atoms with E-state index in [4.69, 9.17) is 18.9 Å². The zero-order chi connectivity index (χ0) is 15.3. The zero-order valence-electron chi connectivity index (χ0n) is 14.3. The molecule has 0 radical (unpaired) electrons. The molecule has 6 heteroatoms. The normalized spacial score (nSPS) is 22.6. The molecular weight excluding hydrogens is 294 g/mol. The minimum absolute atomic E-state index is 0. The second-order valence-electron chi connectivity index (χ2n) is 6.84. The lowest BCUT2D eigenvalue weighted by atomic mass is 9.78. The van der Waals surface area contributed by atoms with Crippen molar-refractivity contribution in [2.45, 2.75) is 57.4 Å². The second-order valence-corrected chi connectivity index (χ2v) is 6.84. The zero-order valence-corrected chi connectivity index (χ0v) is 15.1. The summed E-state index contributed by atoms with van der Waals surface area (Å²) in [6, 6.07) is 0. The van der Waals surface area contributed by atoms with Crippen molar-refractivity contribution in [2.75, 3.05) is 40.6 Å². The summed E-state index contributed by atoms with van der Waals surface area (Å²) in [5.41, 5.74) is -0.0796. The van der Waals surface area contributed by atoms with Gasteiger partial charge in [-0.05, 0) is 27.7 Å². The molecule has 0 atom stereocenters. The minimum atomic E-state index is -0.574. The smallest absolute Gasteiger partial charge is 0.171 e. The fourth-order valence-corrected chi connectivity index (χ4v) is 3.28. The Hall–Kier alpha value is 0.0900. The van der Waals surface area contributed by atoms with E-state index in [1.54, 1.807) is 14.2 Å². The van der Waals surface area contributed by atoms with Gasteiger partial charge < -0.3 is 24.3 Å². The van der Waals surface area contributed by atoms with Gasteiger partial charge in [-0.15, -0.1) is 12.4 Å². The molecule has 0 bridgehead atoms. The maximum Gasteiger partial charge on any atom is 0.171 e. The van der Waals surface area contributed by atoms with E-state index in [0.29, 0.717) is 26.4 Å². The number of nitrogens with one attached hydrogen (secondary N) is 1. The fraction of sp³-hybridized carbons (Fsp3) is 1.00. The maximum absolute atomic E-state index is 6.09. The molecule has 21 heavy (non-hydrogen) atoms. The van der Waals surface area contributed by atoms with Crippen LogP contribution in [-0.2, 0) is 18.9 Å². The Balaban J connectivity index is 0.00000400. The van der Waals surface area contributed by atoms with Crippen LogP contribution in [-0.4, -0.2) is 57.5 Å². The van der Waals surface area contributed by atoms with E-state index in [1.807, 2.05) is 0 Å². The number of rotatable bonds is 8. The fourth-order valence-electron chi connectivity index (χ4n) is 3.28. The van der Waals surface area contributed by atoms with Crippen LogP contribution in [0.1, 0.15) is 40.5 Å². The van der Waals surface area contributed by atoms with E-state index in [-0.39, 0.29) is 23.5 Å². The molecule has 0 aromatic rings. The Bertz CT molecular complexity index is 269. The van der Waals surface area contributed by atoms with E-state index in [0.717, 1.165) is 12.8 Å². The lowest BCUT2D eigenvalue weighted by Gasteiger charge is -2.52. The highest BCUT2D eigenvalue weighted by Gasteiger charge is 2.48. The molecule has 1 aliphatic heterocycles. The van der Waals surface area contributed by atoms with Crippen LogP contribution in [0.15, 0.2) is 0 Å². The highest BCUT2D eigenvalue weighted by atomic mass is 35.5. The first-order chi connectivity index (χ1) is 9.24. The van der Waals surface area contributed by atoms with Crippen LogP contribution in [0.4, 0.5) is 0 Å². The van der Waals surface area contributed by atoms with Crippen LogP contribution >= 0.6 is 12.4 Å². The standard InChI is InChI=1S/C15H31NO4.ClH/c1-13(2)11-15(19-9-7-17-5,20-10-8-18-6)12-14(3,4)16-13;/h16H,7-12H2,1-6H3;1H. The molecule has 0 unspecified atom stereocenters. The van der Waals surface area contributed by atoms with Crippen molar-refractivity contribution in [2.24, 2.45) is 0 Å². The monoisotopic (exact) mass is 325 g/mol. The maximum atomic E-state index is 6.09. The summed E-state index contributed by atoms with van der Waals surface area (Å²) < 4.78 is 22.3. The molecule has 1 heterocycles. The average Bonchev–Trinajstić information content (AvgIpc) is 2.25. The summed E-state index contributed by atoms with van der Waals surface area (Å²) >= 11 is 0. The van der Waals surface area contributed by atoms with Gasteiger partial charge in [0.25, 0.3) is 0 Å². The van der Waals surface area contributed by atoms with Crippen LogP contribution in [0.5, 0.6) is 0 Å². The molecule has 0 aromatic carbocycles. The molecule has 0 aliphatic carbocycles. The first-order valence-corrected chi connectivity index (χ1v) is 7.29. The van der Waals surface area contributed by atoms with Crippen molar-refractivity contribution in [3.05, 3.63) is 0 Å². The molecule has 5 nitrogen and oxygen atoms in total. The van der Waals surface area contributed by atoms with Gasteiger partial charge in [-0.2, -0.15) is 0 Å². The van der Waals surface area contributed by atoms with Gasteiger partial charge in [0.15, 0.2) is 5.79 Å². The average molecular weight is 326 g/mol. The van der Waals surface area contributed by atoms with E-state index in [9.17, 15) is 0 Å². The molecular formula is C15H32ClNO4. The first kappa shape index (κ1) is 21.1. The van der Waals surface area contributed by atoms with Crippen LogP contribution in [0.2, 0.25) is 0 Å². The molecule has 1 aliphatic rings. The van der Waals surface area contributed by atoms with Crippen molar-refractivity contribution < 1.29 is 18.9 Å². The third-order valence-electron chi connectivity index (χ3n) is 3.40. The van der Waals surface area contributed by atoms with Gasteiger partial charge in [-0.1, -0.05) is 0 Å². The molecule has 1 N–H and O–H groups in total. The van der Waals surface area contributed by atoms with Crippen LogP contribution in [0.3, 0.4) is 0 Å². The van der Waals surface area contributed by atoms with Crippen LogP contribution in [0.25, 0.3) is 0 Å². The molecule has 0 aromatic heterocycles. The first-order valence-electron chi connectivity index (χ1n) is 7.29. The summed E-state index contributed by atoms with van der Waals surface area (Å²) in [4.78, 5) is 0. The van der Waals surface area contributed by atoms with Gasteiger partial charge in [-0.25, -0.2) is 0 Å². The second kappa shape index (κ2) is 8.65. The Morgan fingerprint density at radius 2 is 1.14 bits per heavy atom. The molecule has 0 amide bonds. The summed E-state index contributed by atoms with van der Waals surface area (Å²) in [7, 11) is 3.36. The number of piperidine rings is 1. The summed E-state index contributed by atoms with van der Waals surface area (Å²) in [6.07, 6.45) is 1.60. The van der Waals surface area contributed by atoms with Crippen molar-refractivity contribution in [3.8, 4) is 0 Å². The van der Waals surface area contributed by atoms with Crippen molar-refractivity contribution in [1.29, 1.82) is 0 Å². The van der Waals surface area contributed by atoms with Gasteiger partial charge in [0.05, 0.1) is 26.4 Å². The van der Waals surface area contributed by atoms with Crippen molar-refractivity contribution in [3.63, 3.8) is 0 Å². The summed E-state index contributed by atoms with van der Waals surface area (Å²) in [5, 5.41) is 3.65. The third-order valence-corrected chi connectivity index (χ3v) is 3.40. The van der Waals surface area contributed by atoms with Gasteiger partial charge in [-0.3, -0.25) is 0 Å². The number of methoxy groups -OCH3 is 2. The topological polar surface area (TPSA) is 49.0 Å². The van der Waals surface area contributed by atoms with Gasteiger partial charge in [0, 0.05) is 38.1 Å². The predicted molar refractivity (Wildman–Crippen MR) is 86.2 cm³/mol. The van der Waals surface area contributed by atoms with E-state index in [2.05, 4.69) is 33.0 Å². The van der Waals surface area contributed by atoms with Gasteiger partial charge in [0.2, 0.25) is 0 Å². The Kier molecular flexibility index (Phi) is 8.69. The molecule has 128 valence electrons. The Morgan fingerprint density at radius 1 is 0.762 bits per heavy atom. The number of hydrogen-bond donors (Lipinski definition) is 1. The van der Waals surface area contributed by atoms with E-state index in [1.165, 1.54) is 0 Å². The largest absolute Gasteiger partial charge is 0.382 e. The van der Waals surface area contributed by atoms with Crippen LogP contribution in [0, 0.1) is 0 Å². The molecule has 0 saturated carbocycles. The number of hydrogen-bond acceptors (Lipinski definition) is 5. The Labute approximate surface area is 135 Å². The molecule has 0 spiro atoms. The Morgan fingerprint density at radius 3 is 1.48 bits per heavy atom. The van der Waals surface area contributed by atoms with E-state index < -0.39 is 5.79 Å². The van der Waals surface area contributed by atoms with Crippen molar-refractivity contribution >= 4 is 12.4 Å². The minimum Gasteiger partial charge on any atom is -0.382 e. The molecule has 1 saturated heterocycles. The van der Waals surface area contributed by atoms with E-state index >= 15 is 0 Å². The predicted octanol–water partition coefficient (Wildman–Crippen LogP) is 2.37. The van der Waals surface area contributed by atoms with Gasteiger partial charge >= 0.3 is 0 Å². The third kappa shape index (κ3) is 7.26. The summed E-state index contributed by atoms with van der Waals surface area (Å²) in [5.74, 6) is -0.574. The number of halogens is 1. The SMILES string of the molecule is COCCOC1(OCCOC)CC(C)(C)NC(C)(C)C1.Cl. The number of ether oxygens (including phenoxy) is 4. The lowest BCUT2D eigenvalue weighted by Crippen LogP contribution is -2.65. The quantitative estimate of drug-likeness (QED) is 0.548. The highest BCUT2D eigenvalue weighted by molar-refractivity contribution is 5.85. The van der Waals surface area contributed by atoms with Gasteiger partial charge in [0.1, 0.15) is 0 Å². The van der Waals surface area contributed by atoms with Crippen molar-refractivity contribution in [1.82, 2.24) is 5.32 Å². The van der Waals surface area contributed by atoms with Crippen LogP contribution < -0.4 is 5.32 Å². The lowest BCUT2D eigenvalue weighted by molar-refractivity contribution is -0.277. The summed E-state index contributed by atoms with van der Waals surface area (Å²) in [6.45, 7) is 11.0. The molecule has 1 fully saturated rings. The highest BCUT2D eigenvalue weighted by Crippen LogP contribution is 2.39. The molecule has 1 rings (SSSR count).